The first-order valence-corrected chi connectivity index (χ1v) is 8.73. The number of aryl methyl sites for hydroxylation is 1. The van der Waals surface area contributed by atoms with Crippen LogP contribution in [0.15, 0.2) is 53.9 Å². The van der Waals surface area contributed by atoms with Crippen LogP contribution in [-0.4, -0.2) is 10.9 Å². The lowest BCUT2D eigenvalue weighted by molar-refractivity contribution is -0.141. The molecule has 2 heterocycles. The number of alkyl halides is 3. The lowest BCUT2D eigenvalue weighted by Crippen LogP contribution is -2.16. The normalized spacial score (nSPS) is 10.8. The molecule has 7 heteroatoms. The molecule has 0 atom stereocenters. The highest BCUT2D eigenvalue weighted by molar-refractivity contribution is 7.10. The van der Waals surface area contributed by atoms with Crippen molar-refractivity contribution in [2.45, 2.75) is 13.1 Å². The number of nitrogens with zero attached hydrogens (tertiary/aromatic N) is 1. The predicted octanol–water partition coefficient (Wildman–Crippen LogP) is 5.12. The largest absolute Gasteiger partial charge is 0.433 e. The van der Waals surface area contributed by atoms with Gasteiger partial charge in [0.05, 0.1) is 16.1 Å². The number of nitrogens with one attached hydrogen (secondary N) is 1. The number of carbonyl (C=O) groups is 1. The number of hydrogen-bond acceptors (Lipinski definition) is 3. The number of halogens is 3. The SMILES string of the molecule is Cc1nc(C(F)(F)F)ccc1C(=O)Nc1cccc(C#Cc2cccs2)c1. The minimum atomic E-state index is -4.55. The van der Waals surface area contributed by atoms with Gasteiger partial charge >= 0.3 is 6.18 Å². The molecule has 0 aliphatic carbocycles. The van der Waals surface area contributed by atoms with Crippen LogP contribution < -0.4 is 5.32 Å². The van der Waals surface area contributed by atoms with Crippen molar-refractivity contribution in [2.24, 2.45) is 0 Å². The number of hydrogen-bond donors (Lipinski definition) is 1. The smallest absolute Gasteiger partial charge is 0.322 e. The molecule has 0 radical (unpaired) electrons. The molecule has 3 nitrogen and oxygen atoms in total. The number of carbonyl (C=O) groups excluding carboxylic acids is 1. The molecular formula is C20H13F3N2OS. The van der Waals surface area contributed by atoms with E-state index in [1.807, 2.05) is 17.5 Å². The molecule has 1 aromatic carbocycles. The topological polar surface area (TPSA) is 42.0 Å². The van der Waals surface area contributed by atoms with Crippen molar-refractivity contribution in [1.82, 2.24) is 4.98 Å². The number of amides is 1. The van der Waals surface area contributed by atoms with Crippen molar-refractivity contribution < 1.29 is 18.0 Å². The fourth-order valence-electron chi connectivity index (χ4n) is 2.32. The van der Waals surface area contributed by atoms with E-state index in [4.69, 9.17) is 0 Å². The molecule has 3 aromatic rings. The van der Waals surface area contributed by atoms with Crippen LogP contribution in [0.4, 0.5) is 18.9 Å². The summed E-state index contributed by atoms with van der Waals surface area (Å²) < 4.78 is 38.1. The maximum atomic E-state index is 12.7. The van der Waals surface area contributed by atoms with Crippen LogP contribution in [0.5, 0.6) is 0 Å². The molecule has 0 bridgehead atoms. The van der Waals surface area contributed by atoms with Gasteiger partial charge in [0.1, 0.15) is 5.69 Å². The minimum absolute atomic E-state index is 0.0102. The summed E-state index contributed by atoms with van der Waals surface area (Å²) in [5.41, 5.74) is 0.275. The molecule has 1 amide bonds. The van der Waals surface area contributed by atoms with E-state index in [0.717, 1.165) is 17.0 Å². The summed E-state index contributed by atoms with van der Waals surface area (Å²) in [4.78, 5) is 16.8. The summed E-state index contributed by atoms with van der Waals surface area (Å²) in [7, 11) is 0. The molecule has 3 rings (SSSR count). The van der Waals surface area contributed by atoms with Crippen LogP contribution in [-0.2, 0) is 6.18 Å². The van der Waals surface area contributed by atoms with Gasteiger partial charge in [-0.15, -0.1) is 11.3 Å². The molecule has 0 saturated carbocycles. The van der Waals surface area contributed by atoms with E-state index >= 15 is 0 Å². The van der Waals surface area contributed by atoms with Crippen molar-refractivity contribution in [3.63, 3.8) is 0 Å². The van der Waals surface area contributed by atoms with E-state index in [0.29, 0.717) is 11.3 Å². The number of pyridine rings is 1. The van der Waals surface area contributed by atoms with E-state index in [-0.39, 0.29) is 11.3 Å². The van der Waals surface area contributed by atoms with Crippen molar-refractivity contribution in [3.8, 4) is 11.8 Å². The average Bonchev–Trinajstić information content (AvgIpc) is 3.13. The first kappa shape index (κ1) is 18.7. The highest BCUT2D eigenvalue weighted by Gasteiger charge is 2.33. The Kier molecular flexibility index (Phi) is 5.28. The second-order valence-corrected chi connectivity index (χ2v) is 6.54. The third-order valence-electron chi connectivity index (χ3n) is 3.59. The van der Waals surface area contributed by atoms with Gasteiger partial charge in [-0.3, -0.25) is 4.79 Å². The second-order valence-electron chi connectivity index (χ2n) is 5.59. The van der Waals surface area contributed by atoms with Crippen molar-refractivity contribution in [3.05, 3.63) is 81.3 Å². The van der Waals surface area contributed by atoms with Gasteiger partial charge in [-0.2, -0.15) is 13.2 Å². The zero-order valence-electron chi connectivity index (χ0n) is 14.1. The van der Waals surface area contributed by atoms with Gasteiger partial charge in [-0.25, -0.2) is 4.98 Å². The molecule has 0 aliphatic heterocycles. The summed E-state index contributed by atoms with van der Waals surface area (Å²) in [5.74, 6) is 5.50. The summed E-state index contributed by atoms with van der Waals surface area (Å²) >= 11 is 1.53. The Bertz CT molecular complexity index is 1030. The predicted molar refractivity (Wildman–Crippen MR) is 98.7 cm³/mol. The molecule has 27 heavy (non-hydrogen) atoms. The molecule has 0 fully saturated rings. The molecule has 0 aliphatic rings. The Morgan fingerprint density at radius 3 is 2.59 bits per heavy atom. The summed E-state index contributed by atoms with van der Waals surface area (Å²) in [6.07, 6.45) is -4.55. The third kappa shape index (κ3) is 4.74. The molecule has 1 N–H and O–H groups in total. The lowest BCUT2D eigenvalue weighted by Gasteiger charge is -2.10. The minimum Gasteiger partial charge on any atom is -0.322 e. The Balaban J connectivity index is 1.77. The van der Waals surface area contributed by atoms with E-state index in [2.05, 4.69) is 22.1 Å². The van der Waals surface area contributed by atoms with Crippen LogP contribution in [0.1, 0.15) is 32.2 Å². The fraction of sp³-hybridized carbons (Fsp3) is 0.100. The van der Waals surface area contributed by atoms with E-state index in [9.17, 15) is 18.0 Å². The number of aromatic nitrogens is 1. The average molecular weight is 386 g/mol. The zero-order chi connectivity index (χ0) is 19.4. The van der Waals surface area contributed by atoms with E-state index < -0.39 is 17.8 Å². The van der Waals surface area contributed by atoms with Crippen LogP contribution in [0.25, 0.3) is 0 Å². The number of rotatable bonds is 2. The van der Waals surface area contributed by atoms with Gasteiger partial charge < -0.3 is 5.32 Å². The fourth-order valence-corrected chi connectivity index (χ4v) is 2.89. The quantitative estimate of drug-likeness (QED) is 0.621. The Labute approximate surface area is 157 Å². The van der Waals surface area contributed by atoms with Gasteiger partial charge in [0.25, 0.3) is 5.91 Å². The van der Waals surface area contributed by atoms with Crippen molar-refractivity contribution in [2.75, 3.05) is 5.32 Å². The maximum Gasteiger partial charge on any atom is 0.433 e. The van der Waals surface area contributed by atoms with Gasteiger partial charge in [-0.05, 0) is 48.7 Å². The van der Waals surface area contributed by atoms with E-state index in [1.165, 1.54) is 18.3 Å². The van der Waals surface area contributed by atoms with Crippen LogP contribution in [0.2, 0.25) is 0 Å². The molecule has 136 valence electrons. The number of anilines is 1. The van der Waals surface area contributed by atoms with Crippen molar-refractivity contribution in [1.29, 1.82) is 0 Å². The molecule has 0 unspecified atom stereocenters. The second kappa shape index (κ2) is 7.64. The van der Waals surface area contributed by atoms with Crippen LogP contribution in [0, 0.1) is 18.8 Å². The first-order chi connectivity index (χ1) is 12.8. The zero-order valence-corrected chi connectivity index (χ0v) is 14.9. The van der Waals surface area contributed by atoms with Gasteiger partial charge in [0.15, 0.2) is 0 Å². The molecular weight excluding hydrogens is 373 g/mol. The van der Waals surface area contributed by atoms with Gasteiger partial charge in [0.2, 0.25) is 0 Å². The Hall–Kier alpha value is -3.11. The lowest BCUT2D eigenvalue weighted by atomic mass is 10.1. The third-order valence-corrected chi connectivity index (χ3v) is 4.38. The van der Waals surface area contributed by atoms with Crippen LogP contribution >= 0.6 is 11.3 Å². The Morgan fingerprint density at radius 2 is 1.93 bits per heavy atom. The van der Waals surface area contributed by atoms with Crippen LogP contribution in [0.3, 0.4) is 0 Å². The molecule has 2 aromatic heterocycles. The Morgan fingerprint density at radius 1 is 1.11 bits per heavy atom. The highest BCUT2D eigenvalue weighted by atomic mass is 32.1. The first-order valence-electron chi connectivity index (χ1n) is 7.85. The van der Waals surface area contributed by atoms with Gasteiger partial charge in [0, 0.05) is 11.3 Å². The van der Waals surface area contributed by atoms with Gasteiger partial charge in [-0.1, -0.05) is 24.0 Å². The highest BCUT2D eigenvalue weighted by Crippen LogP contribution is 2.28. The summed E-state index contributed by atoms with van der Waals surface area (Å²) in [6, 6.07) is 12.7. The molecule has 0 spiro atoms. The maximum absolute atomic E-state index is 12.7. The number of benzene rings is 1. The van der Waals surface area contributed by atoms with E-state index in [1.54, 1.807) is 24.3 Å². The molecule has 0 saturated heterocycles. The summed E-state index contributed by atoms with van der Waals surface area (Å²) in [6.45, 7) is 1.37. The number of thiophene rings is 1. The van der Waals surface area contributed by atoms with Crippen molar-refractivity contribution >= 4 is 22.9 Å². The monoisotopic (exact) mass is 386 g/mol. The summed E-state index contributed by atoms with van der Waals surface area (Å²) in [5, 5.41) is 4.60. The standard InChI is InChI=1S/C20H13F3N2OS/c1-13-17(9-10-18(24-13)20(21,22)23)19(26)25-15-5-2-4-14(12-15)7-8-16-6-3-11-27-16/h2-6,9-12H,1H3,(H,25,26).